The summed E-state index contributed by atoms with van der Waals surface area (Å²) in [5.74, 6) is 0.200. The van der Waals surface area contributed by atoms with Crippen molar-refractivity contribution in [2.24, 2.45) is 0 Å². The molecule has 37 heavy (non-hydrogen) atoms. The van der Waals surface area contributed by atoms with E-state index in [1.165, 1.54) is 11.8 Å². The lowest BCUT2D eigenvalue weighted by Crippen LogP contribution is -2.27. The third-order valence-electron chi connectivity index (χ3n) is 5.91. The first-order chi connectivity index (χ1) is 17.6. The molecule has 0 atom stereocenters. The minimum atomic E-state index is -0.221. The summed E-state index contributed by atoms with van der Waals surface area (Å²) < 4.78 is 6.17. The Morgan fingerprint density at radius 2 is 1.65 bits per heavy atom. The molecule has 8 heteroatoms. The van der Waals surface area contributed by atoms with Crippen LogP contribution in [0.15, 0.2) is 65.6 Å². The van der Waals surface area contributed by atoms with Crippen molar-refractivity contribution in [1.29, 1.82) is 0 Å². The van der Waals surface area contributed by atoms with E-state index in [0.717, 1.165) is 39.3 Å². The molecule has 0 saturated carbocycles. The van der Waals surface area contributed by atoms with Crippen molar-refractivity contribution >= 4 is 63.3 Å². The van der Waals surface area contributed by atoms with E-state index >= 15 is 0 Å². The number of hydrogen-bond acceptors (Lipinski definition) is 6. The molecule has 4 rings (SSSR count). The van der Waals surface area contributed by atoms with Gasteiger partial charge in [0.1, 0.15) is 5.75 Å². The monoisotopic (exact) mass is 531 g/mol. The minimum Gasteiger partial charge on any atom is -0.484 e. The molecular formula is C29H29N3O3S2. The summed E-state index contributed by atoms with van der Waals surface area (Å²) >= 11 is 6.76. The average Bonchev–Trinajstić information content (AvgIpc) is 3.13. The zero-order chi connectivity index (χ0) is 26.7. The fourth-order valence-corrected chi connectivity index (χ4v) is 5.40. The highest BCUT2D eigenvalue weighted by molar-refractivity contribution is 8.27. The van der Waals surface area contributed by atoms with Crippen LogP contribution in [0.2, 0.25) is 0 Å². The van der Waals surface area contributed by atoms with Gasteiger partial charge in [-0.15, -0.1) is 0 Å². The van der Waals surface area contributed by atoms with Gasteiger partial charge in [-0.25, -0.2) is 0 Å². The van der Waals surface area contributed by atoms with Gasteiger partial charge in [0.15, 0.2) is 10.9 Å². The molecule has 190 valence electrons. The maximum absolute atomic E-state index is 13.1. The smallest absolute Gasteiger partial charge is 0.270 e. The molecular weight excluding hydrogens is 502 g/mol. The lowest BCUT2D eigenvalue weighted by atomic mass is 10.1. The number of thiocarbonyl (C=S) groups is 1. The Hall–Kier alpha value is -3.62. The lowest BCUT2D eigenvalue weighted by Gasteiger charge is -2.17. The van der Waals surface area contributed by atoms with Gasteiger partial charge in [-0.1, -0.05) is 53.8 Å². The second kappa shape index (κ2) is 11.2. The zero-order valence-corrected chi connectivity index (χ0v) is 23.1. The van der Waals surface area contributed by atoms with Crippen LogP contribution in [0.5, 0.6) is 5.75 Å². The fraction of sp³-hybridized carbons (Fsp3) is 0.207. The van der Waals surface area contributed by atoms with E-state index in [-0.39, 0.29) is 18.4 Å². The van der Waals surface area contributed by atoms with Crippen molar-refractivity contribution in [3.05, 3.63) is 87.8 Å². The number of ether oxygens (including phenoxy) is 1. The Kier molecular flexibility index (Phi) is 8.00. The zero-order valence-electron chi connectivity index (χ0n) is 21.5. The summed E-state index contributed by atoms with van der Waals surface area (Å²) in [5.41, 5.74) is 6.65. The highest BCUT2D eigenvalue weighted by atomic mass is 32.2. The number of benzene rings is 3. The second-order valence-corrected chi connectivity index (χ2v) is 10.8. The highest BCUT2D eigenvalue weighted by Crippen LogP contribution is 2.36. The number of aryl methyl sites for hydroxylation is 3. The van der Waals surface area contributed by atoms with E-state index in [4.69, 9.17) is 17.0 Å². The van der Waals surface area contributed by atoms with E-state index in [9.17, 15) is 9.59 Å². The average molecular weight is 532 g/mol. The molecule has 1 aliphatic rings. The summed E-state index contributed by atoms with van der Waals surface area (Å²) in [6, 6.07) is 19.0. The molecule has 6 nitrogen and oxygen atoms in total. The Morgan fingerprint density at radius 3 is 2.24 bits per heavy atom. The molecule has 1 heterocycles. The van der Waals surface area contributed by atoms with Gasteiger partial charge in [-0.2, -0.15) is 0 Å². The number of carbonyl (C=O) groups excluding carboxylic acids is 2. The van der Waals surface area contributed by atoms with Crippen LogP contribution in [-0.4, -0.2) is 36.8 Å². The van der Waals surface area contributed by atoms with Gasteiger partial charge in [0.25, 0.3) is 11.8 Å². The summed E-state index contributed by atoms with van der Waals surface area (Å²) in [4.78, 5) is 29.6. The number of carbonyl (C=O) groups is 2. The van der Waals surface area contributed by atoms with E-state index in [2.05, 4.69) is 5.32 Å². The molecule has 1 fully saturated rings. The van der Waals surface area contributed by atoms with Crippen LogP contribution in [0.1, 0.15) is 22.3 Å². The molecule has 0 unspecified atom stereocenters. The van der Waals surface area contributed by atoms with Crippen molar-refractivity contribution in [2.45, 2.75) is 20.8 Å². The maximum atomic E-state index is 13.1. The van der Waals surface area contributed by atoms with E-state index in [1.54, 1.807) is 17.0 Å². The number of nitrogens with one attached hydrogen (secondary N) is 1. The highest BCUT2D eigenvalue weighted by Gasteiger charge is 2.33. The van der Waals surface area contributed by atoms with Crippen LogP contribution in [0.25, 0.3) is 6.08 Å². The number of rotatable bonds is 7. The molecule has 0 aliphatic carbocycles. The van der Waals surface area contributed by atoms with Crippen molar-refractivity contribution in [2.75, 3.05) is 35.8 Å². The van der Waals surface area contributed by atoms with Crippen molar-refractivity contribution < 1.29 is 14.3 Å². The van der Waals surface area contributed by atoms with Crippen molar-refractivity contribution in [1.82, 2.24) is 0 Å². The van der Waals surface area contributed by atoms with Crippen molar-refractivity contribution in [3.8, 4) is 5.75 Å². The lowest BCUT2D eigenvalue weighted by molar-refractivity contribution is -0.118. The van der Waals surface area contributed by atoms with Gasteiger partial charge in [0, 0.05) is 25.5 Å². The van der Waals surface area contributed by atoms with Crippen LogP contribution in [0.3, 0.4) is 0 Å². The number of amides is 2. The minimum absolute atomic E-state index is 0.0998. The molecule has 2 amide bonds. The Labute approximate surface area is 227 Å². The summed E-state index contributed by atoms with van der Waals surface area (Å²) in [6.45, 7) is 5.88. The van der Waals surface area contributed by atoms with Gasteiger partial charge in [0.05, 0.1) is 10.6 Å². The molecule has 1 saturated heterocycles. The van der Waals surface area contributed by atoms with Gasteiger partial charge in [-0.05, 0) is 79.9 Å². The van der Waals surface area contributed by atoms with E-state index < -0.39 is 0 Å². The molecule has 3 aromatic carbocycles. The van der Waals surface area contributed by atoms with Crippen molar-refractivity contribution in [3.63, 3.8) is 0 Å². The number of hydrogen-bond donors (Lipinski definition) is 1. The third-order valence-corrected chi connectivity index (χ3v) is 7.21. The summed E-state index contributed by atoms with van der Waals surface area (Å²) in [7, 11) is 3.94. The standard InChI is InChI=1S/C29H29N3O3S2/c1-18-14-19(2)27(20(3)15-18)30-26(33)17-35-24-12-6-21(7-13-24)16-25-28(34)32(29(36)37-25)23-10-8-22(9-11-23)31(4)5/h6-16H,17H2,1-5H3,(H,30,33)/b25-16-. The fourth-order valence-electron chi connectivity index (χ4n) is 4.10. The first-order valence-electron chi connectivity index (χ1n) is 11.8. The van der Waals surface area contributed by atoms with Crippen LogP contribution in [-0.2, 0) is 9.59 Å². The predicted octanol–water partition coefficient (Wildman–Crippen LogP) is 6.10. The van der Waals surface area contributed by atoms with Gasteiger partial charge >= 0.3 is 0 Å². The molecule has 3 aromatic rings. The summed E-state index contributed by atoms with van der Waals surface area (Å²) in [6.07, 6.45) is 1.81. The largest absolute Gasteiger partial charge is 0.484 e. The van der Waals surface area contributed by atoms with Crippen LogP contribution >= 0.6 is 24.0 Å². The normalized spacial score (nSPS) is 14.3. The maximum Gasteiger partial charge on any atom is 0.270 e. The van der Waals surface area contributed by atoms with E-state index in [1.807, 2.05) is 94.4 Å². The van der Waals surface area contributed by atoms with Gasteiger partial charge < -0.3 is 15.0 Å². The van der Waals surface area contributed by atoms with E-state index in [0.29, 0.717) is 15.0 Å². The Bertz CT molecular complexity index is 1360. The van der Waals surface area contributed by atoms with Crippen LogP contribution in [0, 0.1) is 20.8 Å². The Balaban J connectivity index is 1.37. The molecule has 0 spiro atoms. The molecule has 1 N–H and O–H groups in total. The third kappa shape index (κ3) is 6.21. The topological polar surface area (TPSA) is 61.9 Å². The molecule has 0 bridgehead atoms. The van der Waals surface area contributed by atoms with Gasteiger partial charge in [-0.3, -0.25) is 14.5 Å². The quantitative estimate of drug-likeness (QED) is 0.294. The first-order valence-corrected chi connectivity index (χ1v) is 13.0. The summed E-state index contributed by atoms with van der Waals surface area (Å²) in [5, 5.41) is 2.94. The van der Waals surface area contributed by atoms with Crippen LogP contribution in [0.4, 0.5) is 17.1 Å². The molecule has 1 aliphatic heterocycles. The Morgan fingerprint density at radius 1 is 1.03 bits per heavy atom. The second-order valence-electron chi connectivity index (χ2n) is 9.11. The SMILES string of the molecule is Cc1cc(C)c(NC(=O)COc2ccc(/C=C3\SC(=S)N(c4ccc(N(C)C)cc4)C3=O)cc2)c(C)c1. The first kappa shape index (κ1) is 26.4. The molecule has 0 radical (unpaired) electrons. The predicted molar refractivity (Wildman–Crippen MR) is 158 cm³/mol. The number of thioether (sulfide) groups is 1. The number of nitrogens with zero attached hydrogens (tertiary/aromatic N) is 2. The molecule has 0 aromatic heterocycles. The van der Waals surface area contributed by atoms with Crippen LogP contribution < -0.4 is 19.9 Å². The number of anilines is 3. The van der Waals surface area contributed by atoms with Gasteiger partial charge in [0.2, 0.25) is 0 Å².